The predicted octanol–water partition coefficient (Wildman–Crippen LogP) is -1.58. The molecule has 1 N–H and O–H groups in total. The minimum Gasteiger partial charge on any atom is -0.370 e. The summed E-state index contributed by atoms with van der Waals surface area (Å²) in [6.45, 7) is 1.76. The number of hydrogen-bond acceptors (Lipinski definition) is 6. The first-order chi connectivity index (χ1) is 9.08. The van der Waals surface area contributed by atoms with Gasteiger partial charge >= 0.3 is 11.4 Å². The van der Waals surface area contributed by atoms with Crippen molar-refractivity contribution < 1.29 is 9.53 Å². The molecule has 1 fully saturated rings. The molecule has 0 unspecified atom stereocenters. The second-order valence-electron chi connectivity index (χ2n) is 3.97. The Balaban J connectivity index is 1.91. The molecule has 0 saturated carbocycles. The number of morpholine rings is 1. The first-order valence-electron chi connectivity index (χ1n) is 5.73. The Morgan fingerprint density at radius 1 is 1.42 bits per heavy atom. The van der Waals surface area contributed by atoms with Crippen LogP contribution in [-0.2, 0) is 16.6 Å². The van der Waals surface area contributed by atoms with E-state index >= 15 is 0 Å². The van der Waals surface area contributed by atoms with Crippen LogP contribution in [0.25, 0.3) is 0 Å². The number of carbonyl (C=O) groups is 1. The third-order valence-corrected chi connectivity index (χ3v) is 3.54. The number of nitrogens with one attached hydrogen (secondary N) is 1. The van der Waals surface area contributed by atoms with Crippen molar-refractivity contribution in [1.29, 1.82) is 0 Å². The Morgan fingerprint density at radius 3 is 2.89 bits per heavy atom. The lowest BCUT2D eigenvalue weighted by Gasteiger charge is -2.26. The van der Waals surface area contributed by atoms with Crippen LogP contribution in [0.4, 0.5) is 0 Å². The lowest BCUT2D eigenvalue weighted by atomic mass is 10.4. The van der Waals surface area contributed by atoms with Crippen LogP contribution in [0.3, 0.4) is 0 Å². The Kier molecular flexibility index (Phi) is 4.38. The molecular formula is C10H14N4O4S. The number of thioether (sulfide) groups is 1. The highest BCUT2D eigenvalue weighted by Gasteiger charge is 2.17. The topological polar surface area (TPSA) is 97.3 Å². The maximum Gasteiger partial charge on any atom is 0.353 e. The maximum absolute atomic E-state index is 11.5. The standard InChI is InChI=1S/C10H14N4O4S/c1-13-9(16)11-8(12-10(13)17)19-5-3-14-2-4-18-6-7(14)15/h2-6H2,1H3,(H,11,12,16,17). The molecule has 8 nitrogen and oxygen atoms in total. The van der Waals surface area contributed by atoms with E-state index in [4.69, 9.17) is 4.74 Å². The average molecular weight is 286 g/mol. The average Bonchev–Trinajstić information content (AvgIpc) is 2.38. The van der Waals surface area contributed by atoms with Crippen molar-refractivity contribution in [1.82, 2.24) is 19.4 Å². The van der Waals surface area contributed by atoms with Gasteiger partial charge in [0.2, 0.25) is 5.91 Å². The number of rotatable bonds is 4. The second-order valence-corrected chi connectivity index (χ2v) is 5.05. The Labute approximate surface area is 112 Å². The fourth-order valence-electron chi connectivity index (χ4n) is 1.56. The van der Waals surface area contributed by atoms with E-state index < -0.39 is 11.4 Å². The highest BCUT2D eigenvalue weighted by atomic mass is 32.2. The summed E-state index contributed by atoms with van der Waals surface area (Å²) in [5.41, 5.74) is -1.08. The van der Waals surface area contributed by atoms with Gasteiger partial charge in [-0.15, -0.1) is 0 Å². The van der Waals surface area contributed by atoms with Crippen LogP contribution in [0.15, 0.2) is 14.7 Å². The second kappa shape index (κ2) is 6.02. The summed E-state index contributed by atoms with van der Waals surface area (Å²) < 4.78 is 5.92. The van der Waals surface area contributed by atoms with Gasteiger partial charge in [-0.05, 0) is 0 Å². The number of ether oxygens (including phenoxy) is 1. The van der Waals surface area contributed by atoms with Gasteiger partial charge in [0.1, 0.15) is 6.61 Å². The van der Waals surface area contributed by atoms with Gasteiger partial charge in [0.15, 0.2) is 5.16 Å². The van der Waals surface area contributed by atoms with Crippen molar-refractivity contribution in [2.75, 3.05) is 32.1 Å². The lowest BCUT2D eigenvalue weighted by molar-refractivity contribution is -0.142. The van der Waals surface area contributed by atoms with Crippen LogP contribution in [0.1, 0.15) is 0 Å². The number of nitrogens with zero attached hydrogens (tertiary/aromatic N) is 3. The Hall–Kier alpha value is -1.61. The van der Waals surface area contributed by atoms with Gasteiger partial charge in [0, 0.05) is 25.9 Å². The van der Waals surface area contributed by atoms with Gasteiger partial charge in [-0.25, -0.2) is 14.2 Å². The summed E-state index contributed by atoms with van der Waals surface area (Å²) in [6, 6.07) is 0. The zero-order valence-electron chi connectivity index (χ0n) is 10.4. The molecule has 2 rings (SSSR count). The molecule has 0 atom stereocenters. The third-order valence-electron chi connectivity index (χ3n) is 2.69. The van der Waals surface area contributed by atoms with Gasteiger partial charge < -0.3 is 9.64 Å². The van der Waals surface area contributed by atoms with Gasteiger partial charge in [0.25, 0.3) is 0 Å². The van der Waals surface area contributed by atoms with Crippen LogP contribution >= 0.6 is 11.8 Å². The Bertz CT molecular complexity index is 550. The molecule has 0 spiro atoms. The smallest absolute Gasteiger partial charge is 0.353 e. The molecule has 0 aromatic carbocycles. The predicted molar refractivity (Wildman–Crippen MR) is 68.2 cm³/mol. The minimum atomic E-state index is -0.589. The van der Waals surface area contributed by atoms with E-state index in [0.29, 0.717) is 25.4 Å². The molecule has 1 amide bonds. The fraction of sp³-hybridized carbons (Fsp3) is 0.600. The van der Waals surface area contributed by atoms with E-state index in [1.54, 1.807) is 4.90 Å². The molecule has 2 heterocycles. The van der Waals surface area contributed by atoms with Crippen molar-refractivity contribution in [3.63, 3.8) is 0 Å². The summed E-state index contributed by atoms with van der Waals surface area (Å²) >= 11 is 1.24. The molecule has 1 aromatic heterocycles. The van der Waals surface area contributed by atoms with E-state index in [0.717, 1.165) is 4.57 Å². The van der Waals surface area contributed by atoms with E-state index in [1.807, 2.05) is 0 Å². The number of amides is 1. The molecule has 104 valence electrons. The van der Waals surface area contributed by atoms with E-state index in [9.17, 15) is 14.4 Å². The van der Waals surface area contributed by atoms with Gasteiger partial charge in [-0.1, -0.05) is 11.8 Å². The zero-order chi connectivity index (χ0) is 13.8. The highest BCUT2D eigenvalue weighted by Crippen LogP contribution is 2.10. The molecule has 1 aliphatic rings. The molecule has 0 radical (unpaired) electrons. The molecule has 1 aliphatic heterocycles. The van der Waals surface area contributed by atoms with Crippen molar-refractivity contribution in [2.24, 2.45) is 7.05 Å². The van der Waals surface area contributed by atoms with Crippen molar-refractivity contribution in [3.05, 3.63) is 21.0 Å². The first-order valence-corrected chi connectivity index (χ1v) is 6.72. The van der Waals surface area contributed by atoms with Crippen molar-refractivity contribution in [3.8, 4) is 0 Å². The highest BCUT2D eigenvalue weighted by molar-refractivity contribution is 7.99. The monoisotopic (exact) mass is 286 g/mol. The summed E-state index contributed by atoms with van der Waals surface area (Å²) in [6.07, 6.45) is 0. The molecule has 1 aromatic rings. The van der Waals surface area contributed by atoms with Gasteiger partial charge in [-0.2, -0.15) is 4.98 Å². The number of aromatic amines is 1. The number of H-pyrrole nitrogens is 1. The van der Waals surface area contributed by atoms with E-state index in [1.165, 1.54) is 18.8 Å². The SMILES string of the molecule is Cn1c(=O)nc(SCCN2CCOCC2=O)[nH]c1=O. The van der Waals surface area contributed by atoms with Crippen molar-refractivity contribution >= 4 is 17.7 Å². The largest absolute Gasteiger partial charge is 0.370 e. The van der Waals surface area contributed by atoms with Crippen LogP contribution in [0.2, 0.25) is 0 Å². The van der Waals surface area contributed by atoms with E-state index in [2.05, 4.69) is 9.97 Å². The quantitative estimate of drug-likeness (QED) is 0.671. The van der Waals surface area contributed by atoms with Crippen LogP contribution in [0.5, 0.6) is 0 Å². The van der Waals surface area contributed by atoms with E-state index in [-0.39, 0.29) is 17.7 Å². The number of hydrogen-bond donors (Lipinski definition) is 1. The summed E-state index contributed by atoms with van der Waals surface area (Å²) in [5, 5.41) is 0.272. The van der Waals surface area contributed by atoms with Crippen LogP contribution in [-0.4, -0.2) is 57.4 Å². The summed E-state index contributed by atoms with van der Waals surface area (Å²) in [7, 11) is 1.36. The van der Waals surface area contributed by atoms with Crippen LogP contribution in [0, 0.1) is 0 Å². The van der Waals surface area contributed by atoms with Crippen molar-refractivity contribution in [2.45, 2.75) is 5.16 Å². The number of aromatic nitrogens is 3. The minimum absolute atomic E-state index is 0.0442. The number of carbonyl (C=O) groups excluding carboxylic acids is 1. The molecule has 9 heteroatoms. The molecule has 0 aliphatic carbocycles. The normalized spacial score (nSPS) is 15.8. The lowest BCUT2D eigenvalue weighted by Crippen LogP contribution is -2.42. The van der Waals surface area contributed by atoms with Gasteiger partial charge in [0.05, 0.1) is 6.61 Å². The fourth-order valence-corrected chi connectivity index (χ4v) is 2.37. The molecule has 0 bridgehead atoms. The molecular weight excluding hydrogens is 272 g/mol. The third kappa shape index (κ3) is 3.44. The summed E-state index contributed by atoms with van der Waals surface area (Å²) in [4.78, 5) is 42.0. The molecule has 1 saturated heterocycles. The molecule has 19 heavy (non-hydrogen) atoms. The first kappa shape index (κ1) is 13.8. The summed E-state index contributed by atoms with van der Waals surface area (Å²) in [5.74, 6) is 0.513. The van der Waals surface area contributed by atoms with Gasteiger partial charge in [-0.3, -0.25) is 9.78 Å². The Morgan fingerprint density at radius 2 is 2.21 bits per heavy atom. The van der Waals surface area contributed by atoms with Crippen LogP contribution < -0.4 is 11.4 Å². The maximum atomic E-state index is 11.5. The zero-order valence-corrected chi connectivity index (χ0v) is 11.2.